The quantitative estimate of drug-likeness (QED) is 0.536. The van der Waals surface area contributed by atoms with Gasteiger partial charge < -0.3 is 9.47 Å². The Labute approximate surface area is 179 Å². The van der Waals surface area contributed by atoms with Crippen LogP contribution >= 0.6 is 11.3 Å². The third-order valence-electron chi connectivity index (χ3n) is 5.67. The summed E-state index contributed by atoms with van der Waals surface area (Å²) < 4.78 is 11.7. The molecule has 1 aliphatic rings. The number of hydrogen-bond donors (Lipinski definition) is 0. The van der Waals surface area contributed by atoms with Crippen LogP contribution in [0.25, 0.3) is 10.2 Å². The number of rotatable bonds is 7. The van der Waals surface area contributed by atoms with Gasteiger partial charge in [-0.05, 0) is 55.4 Å². The van der Waals surface area contributed by atoms with E-state index in [4.69, 9.17) is 14.5 Å². The van der Waals surface area contributed by atoms with Gasteiger partial charge in [-0.15, -0.1) is 11.3 Å². The number of esters is 1. The van der Waals surface area contributed by atoms with Gasteiger partial charge in [-0.1, -0.05) is 12.1 Å². The molecule has 6 nitrogen and oxygen atoms in total. The number of carbonyl (C=O) groups is 1. The van der Waals surface area contributed by atoms with Crippen LogP contribution in [-0.4, -0.2) is 29.7 Å². The molecule has 0 N–H and O–H groups in total. The van der Waals surface area contributed by atoms with E-state index in [-0.39, 0.29) is 17.9 Å². The van der Waals surface area contributed by atoms with Crippen LogP contribution in [0.5, 0.6) is 5.75 Å². The number of ether oxygens (including phenoxy) is 2. The number of methoxy groups -OCH3 is 2. The number of carbonyl (C=O) groups excluding carboxylic acids is 1. The molecule has 2 aromatic heterocycles. The average Bonchev–Trinajstić information content (AvgIpc) is 3.14. The van der Waals surface area contributed by atoms with Crippen LogP contribution in [0.15, 0.2) is 29.1 Å². The summed E-state index contributed by atoms with van der Waals surface area (Å²) >= 11 is 1.67. The van der Waals surface area contributed by atoms with E-state index in [9.17, 15) is 9.59 Å². The zero-order chi connectivity index (χ0) is 21.1. The van der Waals surface area contributed by atoms with Crippen molar-refractivity contribution in [1.82, 2.24) is 9.55 Å². The highest BCUT2D eigenvalue weighted by atomic mass is 32.1. The van der Waals surface area contributed by atoms with E-state index >= 15 is 0 Å². The summed E-state index contributed by atoms with van der Waals surface area (Å²) in [6.45, 7) is 0.451. The minimum atomic E-state index is -0.262. The molecule has 0 unspecified atom stereocenters. The highest BCUT2D eigenvalue weighted by molar-refractivity contribution is 7.18. The van der Waals surface area contributed by atoms with E-state index < -0.39 is 0 Å². The number of hydrogen-bond acceptors (Lipinski definition) is 6. The number of nitrogens with zero attached hydrogens (tertiary/aromatic N) is 2. The molecule has 30 heavy (non-hydrogen) atoms. The van der Waals surface area contributed by atoms with Crippen LogP contribution in [0, 0.1) is 0 Å². The highest BCUT2D eigenvalue weighted by Crippen LogP contribution is 2.34. The third kappa shape index (κ3) is 4.12. The van der Waals surface area contributed by atoms with Gasteiger partial charge in [0.2, 0.25) is 0 Å². The minimum Gasteiger partial charge on any atom is -0.497 e. The van der Waals surface area contributed by atoms with Crippen molar-refractivity contribution in [2.75, 3.05) is 14.2 Å². The van der Waals surface area contributed by atoms with Gasteiger partial charge >= 0.3 is 5.97 Å². The number of aromatic nitrogens is 2. The van der Waals surface area contributed by atoms with Crippen molar-refractivity contribution in [3.63, 3.8) is 0 Å². The summed E-state index contributed by atoms with van der Waals surface area (Å²) in [7, 11) is 3.02. The number of fused-ring (bicyclic) bond motifs is 3. The molecule has 7 heteroatoms. The van der Waals surface area contributed by atoms with Gasteiger partial charge in [0.25, 0.3) is 5.56 Å². The molecule has 0 saturated carbocycles. The summed E-state index contributed by atoms with van der Waals surface area (Å²) in [4.78, 5) is 32.1. The van der Waals surface area contributed by atoms with Crippen molar-refractivity contribution < 1.29 is 14.3 Å². The first-order valence-electron chi connectivity index (χ1n) is 10.3. The Morgan fingerprint density at radius 3 is 2.67 bits per heavy atom. The summed E-state index contributed by atoms with van der Waals surface area (Å²) in [5.41, 5.74) is 2.27. The van der Waals surface area contributed by atoms with Crippen molar-refractivity contribution in [2.24, 2.45) is 0 Å². The van der Waals surface area contributed by atoms with E-state index in [0.717, 1.165) is 46.6 Å². The second kappa shape index (κ2) is 9.00. The molecular formula is C23H26N2O4S. The van der Waals surface area contributed by atoms with Crippen molar-refractivity contribution in [3.05, 3.63) is 56.4 Å². The Balaban J connectivity index is 1.74. The molecule has 0 radical (unpaired) electrons. The van der Waals surface area contributed by atoms with Crippen LogP contribution in [0.1, 0.15) is 47.5 Å². The lowest BCUT2D eigenvalue weighted by atomic mass is 9.97. The smallest absolute Gasteiger partial charge is 0.305 e. The number of benzene rings is 1. The van der Waals surface area contributed by atoms with Crippen LogP contribution in [0.3, 0.4) is 0 Å². The minimum absolute atomic E-state index is 0.0211. The predicted octanol–water partition coefficient (Wildman–Crippen LogP) is 3.89. The Morgan fingerprint density at radius 1 is 1.17 bits per heavy atom. The van der Waals surface area contributed by atoms with E-state index in [1.54, 1.807) is 23.0 Å². The van der Waals surface area contributed by atoms with Crippen molar-refractivity contribution in [1.29, 1.82) is 0 Å². The average molecular weight is 427 g/mol. The lowest BCUT2D eigenvalue weighted by molar-refractivity contribution is -0.140. The summed E-state index contributed by atoms with van der Waals surface area (Å²) in [6.07, 6.45) is 5.65. The van der Waals surface area contributed by atoms with Gasteiger partial charge in [-0.3, -0.25) is 14.2 Å². The van der Waals surface area contributed by atoms with Crippen molar-refractivity contribution >= 4 is 27.5 Å². The molecule has 0 bridgehead atoms. The fourth-order valence-corrected chi connectivity index (χ4v) is 5.33. The fraction of sp³-hybridized carbons (Fsp3) is 0.435. The largest absolute Gasteiger partial charge is 0.497 e. The molecule has 0 amide bonds. The first kappa shape index (κ1) is 20.6. The molecule has 1 aliphatic carbocycles. The van der Waals surface area contributed by atoms with Crippen molar-refractivity contribution in [2.45, 2.75) is 51.5 Å². The number of thiophene rings is 1. The van der Waals surface area contributed by atoms with Crippen LogP contribution < -0.4 is 10.3 Å². The van der Waals surface area contributed by atoms with Gasteiger partial charge in [0, 0.05) is 24.3 Å². The second-order valence-electron chi connectivity index (χ2n) is 7.58. The molecule has 4 rings (SSSR count). The summed E-state index contributed by atoms with van der Waals surface area (Å²) in [5.74, 6) is 1.27. The van der Waals surface area contributed by atoms with Crippen LogP contribution in [0.4, 0.5) is 0 Å². The molecule has 2 heterocycles. The van der Waals surface area contributed by atoms with E-state index in [2.05, 4.69) is 0 Å². The van der Waals surface area contributed by atoms with E-state index in [0.29, 0.717) is 19.4 Å². The third-order valence-corrected chi connectivity index (χ3v) is 6.85. The standard InChI is InChI=1S/C23H26N2O4S/c1-28-16-11-9-15(10-12-16)14-19-24-22-21(17-6-3-4-7-18(17)30-22)23(27)25(19)13-5-8-20(26)29-2/h9-12H,3-8,13-14H2,1-2H3. The first-order valence-corrected chi connectivity index (χ1v) is 11.2. The molecule has 0 spiro atoms. The van der Waals surface area contributed by atoms with Gasteiger partial charge in [0.05, 0.1) is 19.6 Å². The van der Waals surface area contributed by atoms with Crippen molar-refractivity contribution in [3.8, 4) is 5.75 Å². The monoisotopic (exact) mass is 426 g/mol. The molecule has 0 aliphatic heterocycles. The first-order chi connectivity index (χ1) is 14.6. The maximum atomic E-state index is 13.5. The Kier molecular flexibility index (Phi) is 6.18. The zero-order valence-corrected chi connectivity index (χ0v) is 18.2. The molecule has 158 valence electrons. The van der Waals surface area contributed by atoms with Gasteiger partial charge in [-0.2, -0.15) is 0 Å². The molecular weight excluding hydrogens is 400 g/mol. The van der Waals surface area contributed by atoms with Crippen LogP contribution in [0.2, 0.25) is 0 Å². The summed E-state index contributed by atoms with van der Waals surface area (Å²) in [5, 5.41) is 0.784. The SMILES string of the molecule is COC(=O)CCCn1c(Cc2ccc(OC)cc2)nc2sc3c(c2c1=O)CCCC3. The van der Waals surface area contributed by atoms with Gasteiger partial charge in [-0.25, -0.2) is 4.98 Å². The maximum absolute atomic E-state index is 13.5. The normalized spacial score (nSPS) is 13.3. The second-order valence-corrected chi connectivity index (χ2v) is 8.66. The predicted molar refractivity (Wildman–Crippen MR) is 118 cm³/mol. The topological polar surface area (TPSA) is 70.4 Å². The molecule has 0 atom stereocenters. The van der Waals surface area contributed by atoms with Crippen LogP contribution in [-0.2, 0) is 35.3 Å². The van der Waals surface area contributed by atoms with Gasteiger partial charge in [0.15, 0.2) is 0 Å². The Morgan fingerprint density at radius 2 is 1.93 bits per heavy atom. The molecule has 3 aromatic rings. The highest BCUT2D eigenvalue weighted by Gasteiger charge is 2.22. The fourth-order valence-electron chi connectivity index (χ4n) is 4.06. The molecule has 1 aromatic carbocycles. The lowest BCUT2D eigenvalue weighted by Crippen LogP contribution is -2.26. The number of aryl methyl sites for hydroxylation is 2. The lowest BCUT2D eigenvalue weighted by Gasteiger charge is -2.14. The van der Waals surface area contributed by atoms with E-state index in [1.807, 2.05) is 24.3 Å². The molecule has 0 saturated heterocycles. The van der Waals surface area contributed by atoms with Gasteiger partial charge in [0.1, 0.15) is 16.4 Å². The summed E-state index contributed by atoms with van der Waals surface area (Å²) in [6, 6.07) is 7.82. The Bertz CT molecular complexity index is 1110. The maximum Gasteiger partial charge on any atom is 0.305 e. The van der Waals surface area contributed by atoms with E-state index in [1.165, 1.54) is 24.0 Å². The molecule has 0 fully saturated rings. The zero-order valence-electron chi connectivity index (χ0n) is 17.4. The Hall–Kier alpha value is -2.67.